The smallest absolute Gasteiger partial charge is 0.175 e. The van der Waals surface area contributed by atoms with Crippen molar-refractivity contribution in [2.75, 3.05) is 0 Å². The molecule has 50 valence electrons. The van der Waals surface area contributed by atoms with Gasteiger partial charge in [0.1, 0.15) is 0 Å². The fourth-order valence-corrected chi connectivity index (χ4v) is 0.321. The first-order valence-corrected chi connectivity index (χ1v) is 2.52. The predicted octanol–water partition coefficient (Wildman–Crippen LogP) is 0.00700. The second kappa shape index (κ2) is 3.02. The van der Waals surface area contributed by atoms with Crippen LogP contribution >= 0.6 is 0 Å². The van der Waals surface area contributed by atoms with E-state index in [1.54, 1.807) is 0 Å². The Kier molecular flexibility index (Phi) is 2.64. The molecule has 0 heterocycles. The number of carbonyl (C=O) groups excluding carboxylic acids is 2. The number of hydrogen-bond donors (Lipinski definition) is 1. The molecular weight excluding hydrogens is 118 g/mol. The average molecular weight is 127 g/mol. The van der Waals surface area contributed by atoms with Gasteiger partial charge in [-0.2, -0.15) is 0 Å². The van der Waals surface area contributed by atoms with E-state index in [1.165, 1.54) is 13.8 Å². The number of Topliss-reactive ketones (excluding diaryl/α,β-unsaturated/α-hetero) is 1. The Morgan fingerprint density at radius 3 is 1.89 bits per heavy atom. The van der Waals surface area contributed by atoms with Crippen molar-refractivity contribution < 1.29 is 9.59 Å². The molecule has 0 aliphatic heterocycles. The SMILES string of the molecule is CC(=O)/C=C(\N)C(C)=O. The molecule has 0 atom stereocenters. The van der Waals surface area contributed by atoms with Gasteiger partial charge in [-0.05, 0) is 6.92 Å². The van der Waals surface area contributed by atoms with Crippen molar-refractivity contribution in [3.63, 3.8) is 0 Å². The minimum Gasteiger partial charge on any atom is -0.396 e. The zero-order chi connectivity index (χ0) is 7.44. The summed E-state index contributed by atoms with van der Waals surface area (Å²) in [6.45, 7) is 2.66. The summed E-state index contributed by atoms with van der Waals surface area (Å²) in [5, 5.41) is 0. The summed E-state index contributed by atoms with van der Waals surface area (Å²) in [4.78, 5) is 20.6. The van der Waals surface area contributed by atoms with Crippen LogP contribution in [0.25, 0.3) is 0 Å². The highest BCUT2D eigenvalue weighted by atomic mass is 16.1. The highest BCUT2D eigenvalue weighted by Gasteiger charge is 1.96. The third kappa shape index (κ3) is 3.46. The predicted molar refractivity (Wildman–Crippen MR) is 33.6 cm³/mol. The van der Waals surface area contributed by atoms with Gasteiger partial charge in [-0.25, -0.2) is 0 Å². The topological polar surface area (TPSA) is 60.2 Å². The minimum absolute atomic E-state index is 0.0162. The van der Waals surface area contributed by atoms with Crippen molar-refractivity contribution in [1.29, 1.82) is 0 Å². The Labute approximate surface area is 53.5 Å². The van der Waals surface area contributed by atoms with E-state index in [0.717, 1.165) is 6.08 Å². The van der Waals surface area contributed by atoms with Crippen molar-refractivity contribution in [2.45, 2.75) is 13.8 Å². The molecule has 3 heteroatoms. The number of hydrogen-bond acceptors (Lipinski definition) is 3. The summed E-state index contributed by atoms with van der Waals surface area (Å²) < 4.78 is 0. The van der Waals surface area contributed by atoms with E-state index in [2.05, 4.69) is 0 Å². The number of nitrogens with two attached hydrogens (primary N) is 1. The van der Waals surface area contributed by atoms with Gasteiger partial charge in [0.25, 0.3) is 0 Å². The van der Waals surface area contributed by atoms with Gasteiger partial charge in [0.05, 0.1) is 5.70 Å². The van der Waals surface area contributed by atoms with Gasteiger partial charge in [0.15, 0.2) is 11.6 Å². The van der Waals surface area contributed by atoms with Gasteiger partial charge in [-0.3, -0.25) is 9.59 Å². The molecule has 0 saturated carbocycles. The second-order valence-electron chi connectivity index (χ2n) is 1.77. The molecule has 0 aromatic rings. The molecule has 0 aromatic heterocycles. The molecule has 2 N–H and O–H groups in total. The lowest BCUT2D eigenvalue weighted by Gasteiger charge is -1.89. The summed E-state index contributed by atoms with van der Waals surface area (Å²) in [5.41, 5.74) is 5.12. The highest BCUT2D eigenvalue weighted by Crippen LogP contribution is 1.84. The fraction of sp³-hybridized carbons (Fsp3) is 0.333. The van der Waals surface area contributed by atoms with Gasteiger partial charge in [0.2, 0.25) is 0 Å². The quantitative estimate of drug-likeness (QED) is 0.531. The van der Waals surface area contributed by atoms with Crippen LogP contribution in [-0.2, 0) is 9.59 Å². The third-order valence-electron chi connectivity index (χ3n) is 0.765. The number of carbonyl (C=O) groups is 2. The molecule has 0 radical (unpaired) electrons. The van der Waals surface area contributed by atoms with Gasteiger partial charge in [0, 0.05) is 13.0 Å². The fourth-order valence-electron chi connectivity index (χ4n) is 0.321. The van der Waals surface area contributed by atoms with E-state index in [4.69, 9.17) is 5.73 Å². The molecule has 9 heavy (non-hydrogen) atoms. The Balaban J connectivity index is 4.17. The van der Waals surface area contributed by atoms with E-state index in [9.17, 15) is 9.59 Å². The molecule has 0 bridgehead atoms. The van der Waals surface area contributed by atoms with Crippen LogP contribution in [0.1, 0.15) is 13.8 Å². The van der Waals surface area contributed by atoms with Crippen molar-refractivity contribution in [1.82, 2.24) is 0 Å². The highest BCUT2D eigenvalue weighted by molar-refractivity contribution is 6.00. The number of allylic oxidation sites excluding steroid dienone is 2. The molecule has 0 aliphatic rings. The number of ketones is 2. The minimum atomic E-state index is -0.273. The van der Waals surface area contributed by atoms with Gasteiger partial charge >= 0.3 is 0 Å². The lowest BCUT2D eigenvalue weighted by molar-refractivity contribution is -0.115. The zero-order valence-electron chi connectivity index (χ0n) is 5.47. The maximum absolute atomic E-state index is 10.3. The molecule has 0 unspecified atom stereocenters. The molecule has 0 saturated heterocycles. The molecule has 0 rings (SSSR count). The maximum atomic E-state index is 10.3. The van der Waals surface area contributed by atoms with Crippen LogP contribution in [-0.4, -0.2) is 11.6 Å². The van der Waals surface area contributed by atoms with E-state index in [0.29, 0.717) is 0 Å². The molecule has 0 aliphatic carbocycles. The molecular formula is C6H9NO2. The second-order valence-corrected chi connectivity index (χ2v) is 1.77. The average Bonchev–Trinajstić information content (AvgIpc) is 1.63. The summed E-state index contributed by atoms with van der Waals surface area (Å²) in [6.07, 6.45) is 1.11. The summed E-state index contributed by atoms with van der Waals surface area (Å²) in [6, 6.07) is 0. The molecule has 0 aromatic carbocycles. The Morgan fingerprint density at radius 1 is 1.33 bits per heavy atom. The Morgan fingerprint density at radius 2 is 1.78 bits per heavy atom. The normalized spacial score (nSPS) is 11.1. The van der Waals surface area contributed by atoms with Crippen LogP contribution in [0.3, 0.4) is 0 Å². The van der Waals surface area contributed by atoms with Crippen LogP contribution in [0.5, 0.6) is 0 Å². The van der Waals surface area contributed by atoms with Crippen molar-refractivity contribution in [3.8, 4) is 0 Å². The van der Waals surface area contributed by atoms with E-state index >= 15 is 0 Å². The van der Waals surface area contributed by atoms with E-state index in [1.807, 2.05) is 0 Å². The maximum Gasteiger partial charge on any atom is 0.175 e. The summed E-state index contributed by atoms with van der Waals surface area (Å²) in [5.74, 6) is -0.479. The van der Waals surface area contributed by atoms with Gasteiger partial charge in [-0.1, -0.05) is 0 Å². The van der Waals surface area contributed by atoms with Crippen LogP contribution in [0, 0.1) is 0 Å². The summed E-state index contributed by atoms with van der Waals surface area (Å²) in [7, 11) is 0. The van der Waals surface area contributed by atoms with Crippen LogP contribution in [0.4, 0.5) is 0 Å². The molecule has 0 amide bonds. The van der Waals surface area contributed by atoms with Gasteiger partial charge in [-0.15, -0.1) is 0 Å². The largest absolute Gasteiger partial charge is 0.396 e. The summed E-state index contributed by atoms with van der Waals surface area (Å²) >= 11 is 0. The van der Waals surface area contributed by atoms with Crippen LogP contribution in [0.15, 0.2) is 11.8 Å². The molecule has 3 nitrogen and oxygen atoms in total. The number of rotatable bonds is 2. The lowest BCUT2D eigenvalue weighted by Crippen LogP contribution is -2.08. The Hall–Kier alpha value is -1.12. The molecule has 0 spiro atoms. The lowest BCUT2D eigenvalue weighted by atomic mass is 10.3. The molecule has 0 fully saturated rings. The first kappa shape index (κ1) is 7.88. The van der Waals surface area contributed by atoms with Crippen LogP contribution in [0.2, 0.25) is 0 Å². The van der Waals surface area contributed by atoms with E-state index in [-0.39, 0.29) is 17.3 Å². The third-order valence-corrected chi connectivity index (χ3v) is 0.765. The van der Waals surface area contributed by atoms with Crippen LogP contribution < -0.4 is 5.73 Å². The monoisotopic (exact) mass is 127 g/mol. The van der Waals surface area contributed by atoms with Crippen molar-refractivity contribution in [2.24, 2.45) is 5.73 Å². The van der Waals surface area contributed by atoms with Gasteiger partial charge < -0.3 is 5.73 Å². The first-order chi connectivity index (χ1) is 4.04. The Bertz CT molecular complexity index is 170. The first-order valence-electron chi connectivity index (χ1n) is 2.52. The van der Waals surface area contributed by atoms with E-state index < -0.39 is 0 Å². The van der Waals surface area contributed by atoms with Crippen molar-refractivity contribution >= 4 is 11.6 Å². The van der Waals surface area contributed by atoms with Crippen molar-refractivity contribution in [3.05, 3.63) is 11.8 Å². The zero-order valence-corrected chi connectivity index (χ0v) is 5.47. The standard InChI is InChI=1S/C6H9NO2/c1-4(8)3-6(7)5(2)9/h3H,7H2,1-2H3/b6-3-.